The number of carbonyl (C=O) groups is 1. The maximum atomic E-state index is 12.4. The molecular formula is C14H18BrNO2. The van der Waals surface area contributed by atoms with Crippen LogP contribution in [0, 0.1) is 12.8 Å². The largest absolute Gasteiger partial charge is 0.393 e. The Morgan fingerprint density at radius 3 is 2.89 bits per heavy atom. The predicted molar refractivity (Wildman–Crippen MR) is 74.6 cm³/mol. The first-order valence-corrected chi connectivity index (χ1v) is 7.02. The molecule has 1 aromatic rings. The quantitative estimate of drug-likeness (QED) is 0.866. The van der Waals surface area contributed by atoms with Gasteiger partial charge in [0, 0.05) is 23.1 Å². The number of likely N-dealkylation sites (tertiary alicyclic amines) is 1. The molecule has 1 fully saturated rings. The Hall–Kier alpha value is -0.870. The molecule has 0 spiro atoms. The third-order valence-corrected chi connectivity index (χ3v) is 4.50. The zero-order valence-corrected chi connectivity index (χ0v) is 12.3. The van der Waals surface area contributed by atoms with Gasteiger partial charge in [-0.15, -0.1) is 0 Å². The second-order valence-corrected chi connectivity index (χ2v) is 5.85. The molecular weight excluding hydrogens is 294 g/mol. The van der Waals surface area contributed by atoms with Gasteiger partial charge in [-0.05, 0) is 37.0 Å². The van der Waals surface area contributed by atoms with Crippen molar-refractivity contribution < 1.29 is 9.90 Å². The summed E-state index contributed by atoms with van der Waals surface area (Å²) in [6.07, 6.45) is 0.387. The van der Waals surface area contributed by atoms with Crippen molar-refractivity contribution >= 4 is 21.8 Å². The van der Waals surface area contributed by atoms with E-state index in [0.717, 1.165) is 15.6 Å². The molecule has 1 N–H and O–H groups in total. The van der Waals surface area contributed by atoms with Crippen LogP contribution in [0.25, 0.3) is 0 Å². The molecule has 98 valence electrons. The Labute approximate surface area is 116 Å². The van der Waals surface area contributed by atoms with Crippen LogP contribution in [0.5, 0.6) is 0 Å². The van der Waals surface area contributed by atoms with E-state index in [0.29, 0.717) is 19.5 Å². The molecule has 0 bridgehead atoms. The lowest BCUT2D eigenvalue weighted by atomic mass is 9.95. The maximum Gasteiger partial charge on any atom is 0.254 e. The number of rotatable bonds is 1. The molecule has 2 unspecified atom stereocenters. The number of hydrogen-bond acceptors (Lipinski definition) is 2. The van der Waals surface area contributed by atoms with Crippen molar-refractivity contribution in [3.8, 4) is 0 Å². The topological polar surface area (TPSA) is 40.5 Å². The lowest BCUT2D eigenvalue weighted by Crippen LogP contribution is -2.45. The van der Waals surface area contributed by atoms with Gasteiger partial charge in [0.25, 0.3) is 5.91 Å². The van der Waals surface area contributed by atoms with Gasteiger partial charge >= 0.3 is 0 Å². The Kier molecular flexibility index (Phi) is 4.07. The van der Waals surface area contributed by atoms with Crippen molar-refractivity contribution in [1.29, 1.82) is 0 Å². The van der Waals surface area contributed by atoms with Crippen molar-refractivity contribution in [3.63, 3.8) is 0 Å². The second-order valence-electron chi connectivity index (χ2n) is 5.00. The van der Waals surface area contributed by atoms with Gasteiger partial charge in [-0.2, -0.15) is 0 Å². The first-order valence-electron chi connectivity index (χ1n) is 6.23. The van der Waals surface area contributed by atoms with Crippen LogP contribution >= 0.6 is 15.9 Å². The van der Waals surface area contributed by atoms with E-state index in [-0.39, 0.29) is 17.9 Å². The summed E-state index contributed by atoms with van der Waals surface area (Å²) >= 11 is 3.45. The molecule has 2 rings (SSSR count). The van der Waals surface area contributed by atoms with Crippen LogP contribution in [-0.2, 0) is 0 Å². The molecule has 0 aliphatic carbocycles. The van der Waals surface area contributed by atoms with Crippen LogP contribution in [0.1, 0.15) is 29.3 Å². The molecule has 1 amide bonds. The molecule has 18 heavy (non-hydrogen) atoms. The van der Waals surface area contributed by atoms with Gasteiger partial charge in [-0.3, -0.25) is 4.79 Å². The van der Waals surface area contributed by atoms with E-state index in [4.69, 9.17) is 0 Å². The van der Waals surface area contributed by atoms with Crippen molar-refractivity contribution in [3.05, 3.63) is 33.8 Å². The van der Waals surface area contributed by atoms with Gasteiger partial charge in [0.1, 0.15) is 0 Å². The first-order chi connectivity index (χ1) is 8.50. The minimum absolute atomic E-state index is 0.0625. The summed E-state index contributed by atoms with van der Waals surface area (Å²) in [5, 5.41) is 9.70. The summed E-state index contributed by atoms with van der Waals surface area (Å²) in [4.78, 5) is 14.3. The Balaban J connectivity index is 2.19. The van der Waals surface area contributed by atoms with Crippen LogP contribution in [0.3, 0.4) is 0 Å². The number of piperidine rings is 1. The lowest BCUT2D eigenvalue weighted by Gasteiger charge is -2.34. The molecule has 1 aliphatic heterocycles. The van der Waals surface area contributed by atoms with E-state index in [9.17, 15) is 9.90 Å². The van der Waals surface area contributed by atoms with E-state index in [1.165, 1.54) is 0 Å². The number of nitrogens with zero attached hydrogens (tertiary/aromatic N) is 1. The molecule has 1 heterocycles. The Morgan fingerprint density at radius 1 is 1.50 bits per heavy atom. The van der Waals surface area contributed by atoms with E-state index < -0.39 is 0 Å². The summed E-state index contributed by atoms with van der Waals surface area (Å²) in [5.74, 6) is 0.211. The number of halogens is 1. The fourth-order valence-corrected chi connectivity index (χ4v) is 2.69. The third kappa shape index (κ3) is 2.59. The van der Waals surface area contributed by atoms with E-state index in [1.54, 1.807) is 0 Å². The number of benzene rings is 1. The molecule has 0 radical (unpaired) electrons. The molecule has 1 aliphatic rings. The summed E-state index contributed by atoms with van der Waals surface area (Å²) in [6, 6.07) is 5.68. The van der Waals surface area contributed by atoms with Gasteiger partial charge in [0.2, 0.25) is 0 Å². The minimum atomic E-state index is -0.280. The molecule has 1 saturated heterocycles. The Bertz CT molecular complexity index is 461. The normalized spacial score (nSPS) is 24.1. The zero-order chi connectivity index (χ0) is 13.3. The fourth-order valence-electron chi connectivity index (χ4n) is 2.33. The molecule has 0 saturated carbocycles. The van der Waals surface area contributed by atoms with Gasteiger partial charge in [-0.25, -0.2) is 0 Å². The number of aliphatic hydroxyl groups excluding tert-OH is 1. The minimum Gasteiger partial charge on any atom is -0.393 e. The van der Waals surface area contributed by atoms with Crippen LogP contribution in [0.15, 0.2) is 22.7 Å². The SMILES string of the molecule is Cc1c(Br)cccc1C(=O)N1CCC(O)C(C)C1. The van der Waals surface area contributed by atoms with Crippen molar-refractivity contribution in [2.45, 2.75) is 26.4 Å². The van der Waals surface area contributed by atoms with Gasteiger partial charge in [0.05, 0.1) is 6.10 Å². The highest BCUT2D eigenvalue weighted by molar-refractivity contribution is 9.10. The van der Waals surface area contributed by atoms with Gasteiger partial charge in [-0.1, -0.05) is 28.9 Å². The Morgan fingerprint density at radius 2 is 2.22 bits per heavy atom. The average molecular weight is 312 g/mol. The van der Waals surface area contributed by atoms with Gasteiger partial charge < -0.3 is 10.0 Å². The molecule has 0 aromatic heterocycles. The highest BCUT2D eigenvalue weighted by Gasteiger charge is 2.28. The summed E-state index contributed by atoms with van der Waals surface area (Å²) in [7, 11) is 0. The zero-order valence-electron chi connectivity index (χ0n) is 10.7. The molecule has 1 aromatic carbocycles. The van der Waals surface area contributed by atoms with Gasteiger partial charge in [0.15, 0.2) is 0 Å². The second kappa shape index (κ2) is 5.41. The summed E-state index contributed by atoms with van der Waals surface area (Å²) in [6.45, 7) is 5.19. The summed E-state index contributed by atoms with van der Waals surface area (Å²) < 4.78 is 0.957. The van der Waals surface area contributed by atoms with E-state index >= 15 is 0 Å². The fraction of sp³-hybridized carbons (Fsp3) is 0.500. The van der Waals surface area contributed by atoms with Crippen LogP contribution in [0.4, 0.5) is 0 Å². The number of amides is 1. The lowest BCUT2D eigenvalue weighted by molar-refractivity contribution is 0.0297. The van der Waals surface area contributed by atoms with Crippen molar-refractivity contribution in [2.75, 3.05) is 13.1 Å². The van der Waals surface area contributed by atoms with Crippen LogP contribution in [-0.4, -0.2) is 35.1 Å². The van der Waals surface area contributed by atoms with Crippen LogP contribution < -0.4 is 0 Å². The smallest absolute Gasteiger partial charge is 0.254 e. The van der Waals surface area contributed by atoms with Crippen LogP contribution in [0.2, 0.25) is 0 Å². The highest BCUT2D eigenvalue weighted by atomic mass is 79.9. The molecule has 3 nitrogen and oxygen atoms in total. The number of aliphatic hydroxyl groups is 1. The molecule has 4 heteroatoms. The van der Waals surface area contributed by atoms with E-state index in [2.05, 4.69) is 15.9 Å². The number of hydrogen-bond donors (Lipinski definition) is 1. The highest BCUT2D eigenvalue weighted by Crippen LogP contribution is 2.23. The van der Waals surface area contributed by atoms with E-state index in [1.807, 2.05) is 36.9 Å². The third-order valence-electron chi connectivity index (χ3n) is 3.65. The van der Waals surface area contributed by atoms with Crippen molar-refractivity contribution in [2.24, 2.45) is 5.92 Å². The first kappa shape index (κ1) is 13.6. The summed E-state index contributed by atoms with van der Waals surface area (Å²) in [5.41, 5.74) is 1.72. The number of carbonyl (C=O) groups excluding carboxylic acids is 1. The average Bonchev–Trinajstić information content (AvgIpc) is 2.35. The standard InChI is InChI=1S/C14H18BrNO2/c1-9-8-16(7-6-13(9)17)14(18)11-4-3-5-12(15)10(11)2/h3-5,9,13,17H,6-8H2,1-2H3. The monoisotopic (exact) mass is 311 g/mol. The van der Waals surface area contributed by atoms with Crippen molar-refractivity contribution in [1.82, 2.24) is 4.90 Å². The predicted octanol–water partition coefficient (Wildman–Crippen LogP) is 2.60. The molecule has 2 atom stereocenters. The maximum absolute atomic E-state index is 12.4.